The maximum atomic E-state index is 13.2. The first-order chi connectivity index (χ1) is 6.18. The topological polar surface area (TPSA) is 53.1 Å². The fraction of sp³-hybridized carbons (Fsp3) is 0. The lowest BCUT2D eigenvalue weighted by molar-refractivity contribution is 0.436. The zero-order chi connectivity index (χ0) is 9.42. The van der Waals surface area contributed by atoms with Crippen molar-refractivity contribution < 1.29 is 9.50 Å². The van der Waals surface area contributed by atoms with E-state index in [-0.39, 0.29) is 5.39 Å². The first-order valence-corrected chi connectivity index (χ1v) is 3.68. The Morgan fingerprint density at radius 2 is 2.15 bits per heavy atom. The molecule has 2 rings (SSSR count). The number of aromatic amines is 1. The largest absolute Gasteiger partial charge is 0.505 e. The molecule has 1 heterocycles. The summed E-state index contributed by atoms with van der Waals surface area (Å²) >= 11 is 0. The minimum absolute atomic E-state index is 0.128. The van der Waals surface area contributed by atoms with Gasteiger partial charge in [0.15, 0.2) is 11.6 Å². The van der Waals surface area contributed by atoms with Crippen molar-refractivity contribution in [2.75, 3.05) is 0 Å². The summed E-state index contributed by atoms with van der Waals surface area (Å²) in [7, 11) is 0. The van der Waals surface area contributed by atoms with Crippen molar-refractivity contribution in [1.82, 2.24) is 4.98 Å². The molecule has 0 saturated heterocycles. The number of aromatic hydroxyl groups is 1. The monoisotopic (exact) mass is 179 g/mol. The van der Waals surface area contributed by atoms with Gasteiger partial charge in [0.05, 0.1) is 0 Å². The first kappa shape index (κ1) is 7.79. The molecule has 0 spiro atoms. The van der Waals surface area contributed by atoms with E-state index in [0.29, 0.717) is 5.39 Å². The van der Waals surface area contributed by atoms with Gasteiger partial charge in [-0.25, -0.2) is 4.39 Å². The van der Waals surface area contributed by atoms with Crippen LogP contribution in [0, 0.1) is 5.82 Å². The van der Waals surface area contributed by atoms with Crippen molar-refractivity contribution in [2.45, 2.75) is 0 Å². The highest BCUT2D eigenvalue weighted by molar-refractivity contribution is 5.83. The second kappa shape index (κ2) is 2.58. The molecule has 66 valence electrons. The maximum Gasteiger partial charge on any atom is 0.248 e. The Balaban J connectivity index is 2.97. The van der Waals surface area contributed by atoms with Crippen LogP contribution in [0.1, 0.15) is 0 Å². The van der Waals surface area contributed by atoms with Crippen LogP contribution in [0.25, 0.3) is 10.8 Å². The smallest absolute Gasteiger partial charge is 0.248 e. The summed E-state index contributed by atoms with van der Waals surface area (Å²) in [6, 6.07) is 3.89. The molecule has 1 aromatic heterocycles. The van der Waals surface area contributed by atoms with Gasteiger partial charge in [0.2, 0.25) is 5.56 Å². The van der Waals surface area contributed by atoms with E-state index in [1.165, 1.54) is 18.3 Å². The number of hydrogen-bond donors (Lipinski definition) is 2. The van der Waals surface area contributed by atoms with Gasteiger partial charge in [-0.15, -0.1) is 0 Å². The second-order valence-electron chi connectivity index (χ2n) is 2.70. The molecule has 4 heteroatoms. The van der Waals surface area contributed by atoms with Crippen LogP contribution in [0.5, 0.6) is 5.75 Å². The molecule has 13 heavy (non-hydrogen) atoms. The molecular weight excluding hydrogens is 173 g/mol. The third-order valence-electron chi connectivity index (χ3n) is 1.84. The molecule has 0 saturated carbocycles. The summed E-state index contributed by atoms with van der Waals surface area (Å²) in [5, 5.41) is 9.70. The first-order valence-electron chi connectivity index (χ1n) is 3.68. The number of pyridine rings is 1. The highest BCUT2D eigenvalue weighted by atomic mass is 19.1. The van der Waals surface area contributed by atoms with Gasteiger partial charge in [0.25, 0.3) is 0 Å². The number of halogens is 1. The lowest BCUT2D eigenvalue weighted by Gasteiger charge is -1.99. The lowest BCUT2D eigenvalue weighted by Crippen LogP contribution is -2.02. The van der Waals surface area contributed by atoms with Crippen molar-refractivity contribution in [3.63, 3.8) is 0 Å². The number of phenolic OH excluding ortho intramolecular Hbond substituents is 1. The minimum Gasteiger partial charge on any atom is -0.505 e. The normalized spacial score (nSPS) is 10.5. The minimum atomic E-state index is -0.761. The number of hydrogen-bond acceptors (Lipinski definition) is 2. The summed E-state index contributed by atoms with van der Waals surface area (Å²) < 4.78 is 13.2. The van der Waals surface area contributed by atoms with Crippen LogP contribution in [0.2, 0.25) is 0 Å². The predicted octanol–water partition coefficient (Wildman–Crippen LogP) is 1.37. The summed E-state index contributed by atoms with van der Waals surface area (Å²) in [5.74, 6) is -1.21. The number of H-pyrrole nitrogens is 1. The number of benzene rings is 1. The van der Waals surface area contributed by atoms with Crippen LogP contribution >= 0.6 is 0 Å². The average Bonchev–Trinajstić information content (AvgIpc) is 2.12. The van der Waals surface area contributed by atoms with Crippen molar-refractivity contribution in [2.24, 2.45) is 0 Å². The Bertz CT molecular complexity index is 518. The molecule has 1 aromatic carbocycles. The molecule has 0 bridgehead atoms. The van der Waals surface area contributed by atoms with Crippen LogP contribution < -0.4 is 5.56 Å². The van der Waals surface area contributed by atoms with E-state index in [9.17, 15) is 9.18 Å². The molecule has 0 aliphatic heterocycles. The molecular formula is C9H6FNO2. The Morgan fingerprint density at radius 3 is 2.92 bits per heavy atom. The summed E-state index contributed by atoms with van der Waals surface area (Å²) in [5.41, 5.74) is -0.392. The Morgan fingerprint density at radius 1 is 1.38 bits per heavy atom. The second-order valence-corrected chi connectivity index (χ2v) is 2.70. The third kappa shape index (κ3) is 1.16. The Hall–Kier alpha value is -1.84. The fourth-order valence-corrected chi connectivity index (χ4v) is 1.19. The average molecular weight is 179 g/mol. The number of rotatable bonds is 0. The highest BCUT2D eigenvalue weighted by Crippen LogP contribution is 2.23. The van der Waals surface area contributed by atoms with Crippen molar-refractivity contribution in [3.8, 4) is 5.75 Å². The van der Waals surface area contributed by atoms with Crippen LogP contribution in [-0.4, -0.2) is 10.1 Å². The van der Waals surface area contributed by atoms with Gasteiger partial charge in [-0.05, 0) is 12.1 Å². The van der Waals surface area contributed by atoms with Gasteiger partial charge in [0, 0.05) is 23.0 Å². The van der Waals surface area contributed by atoms with Crippen molar-refractivity contribution in [3.05, 3.63) is 40.6 Å². The van der Waals surface area contributed by atoms with Gasteiger partial charge in [-0.3, -0.25) is 4.79 Å². The summed E-state index contributed by atoms with van der Waals surface area (Å²) in [6.07, 6.45) is 1.40. The fourth-order valence-electron chi connectivity index (χ4n) is 1.19. The number of fused-ring (bicyclic) bond motifs is 1. The van der Waals surface area contributed by atoms with E-state index in [0.717, 1.165) is 6.07 Å². The maximum absolute atomic E-state index is 13.2. The lowest BCUT2D eigenvalue weighted by atomic mass is 10.1. The van der Waals surface area contributed by atoms with Gasteiger partial charge in [-0.2, -0.15) is 0 Å². The predicted molar refractivity (Wildman–Crippen MR) is 46.2 cm³/mol. The zero-order valence-corrected chi connectivity index (χ0v) is 6.54. The van der Waals surface area contributed by atoms with Gasteiger partial charge < -0.3 is 10.1 Å². The molecule has 3 nitrogen and oxygen atoms in total. The molecule has 2 aromatic rings. The Labute approximate surface area is 72.5 Å². The van der Waals surface area contributed by atoms with Crippen LogP contribution in [0.15, 0.2) is 29.2 Å². The van der Waals surface area contributed by atoms with E-state index in [1.807, 2.05) is 0 Å². The standard InChI is InChI=1S/C9H6FNO2/c10-9-6-3-8(13)11-4-5(6)1-2-7(9)12/h1-4,12H,(H,11,13). The molecule has 0 atom stereocenters. The number of nitrogens with one attached hydrogen (secondary N) is 1. The van der Waals surface area contributed by atoms with E-state index in [4.69, 9.17) is 5.11 Å². The molecule has 2 N–H and O–H groups in total. The van der Waals surface area contributed by atoms with Crippen molar-refractivity contribution >= 4 is 10.8 Å². The molecule has 0 radical (unpaired) electrons. The number of aromatic nitrogens is 1. The zero-order valence-electron chi connectivity index (χ0n) is 6.54. The molecule has 0 aliphatic carbocycles. The molecule has 0 amide bonds. The van der Waals surface area contributed by atoms with Crippen LogP contribution in [0.3, 0.4) is 0 Å². The SMILES string of the molecule is O=c1cc2c(F)c(O)ccc2c[nH]1. The van der Waals surface area contributed by atoms with E-state index in [2.05, 4.69) is 4.98 Å². The van der Waals surface area contributed by atoms with Gasteiger partial charge >= 0.3 is 0 Å². The van der Waals surface area contributed by atoms with Crippen molar-refractivity contribution in [1.29, 1.82) is 0 Å². The quantitative estimate of drug-likeness (QED) is 0.641. The van der Waals surface area contributed by atoms with E-state index < -0.39 is 17.1 Å². The number of phenols is 1. The van der Waals surface area contributed by atoms with E-state index >= 15 is 0 Å². The van der Waals surface area contributed by atoms with Gasteiger partial charge in [-0.1, -0.05) is 0 Å². The molecule has 0 unspecified atom stereocenters. The Kier molecular flexibility index (Phi) is 1.55. The highest BCUT2D eigenvalue weighted by Gasteiger charge is 2.05. The molecule has 0 aliphatic rings. The third-order valence-corrected chi connectivity index (χ3v) is 1.84. The van der Waals surface area contributed by atoms with E-state index in [1.54, 1.807) is 0 Å². The van der Waals surface area contributed by atoms with Crippen LogP contribution in [0.4, 0.5) is 4.39 Å². The van der Waals surface area contributed by atoms with Gasteiger partial charge in [0.1, 0.15) is 0 Å². The summed E-state index contributed by atoms with van der Waals surface area (Å²) in [4.78, 5) is 13.3. The molecule has 0 fully saturated rings. The summed E-state index contributed by atoms with van der Waals surface area (Å²) in [6.45, 7) is 0. The van der Waals surface area contributed by atoms with Crippen LogP contribution in [-0.2, 0) is 0 Å².